The lowest BCUT2D eigenvalue weighted by atomic mass is 10.1. The number of para-hydroxylation sites is 1. The number of methoxy groups -OCH3 is 1. The zero-order valence-corrected chi connectivity index (χ0v) is 10.5. The van der Waals surface area contributed by atoms with Gasteiger partial charge in [0.15, 0.2) is 5.78 Å². The van der Waals surface area contributed by atoms with Crippen LogP contribution in [0.25, 0.3) is 0 Å². The minimum absolute atomic E-state index is 0.0489. The first-order chi connectivity index (χ1) is 9.20. The Labute approximate surface area is 111 Å². The van der Waals surface area contributed by atoms with Gasteiger partial charge < -0.3 is 10.1 Å². The summed E-state index contributed by atoms with van der Waals surface area (Å²) >= 11 is 0. The Hall–Kier alpha value is -2.36. The van der Waals surface area contributed by atoms with E-state index in [4.69, 9.17) is 4.74 Å². The van der Waals surface area contributed by atoms with E-state index in [2.05, 4.69) is 5.32 Å². The van der Waals surface area contributed by atoms with Gasteiger partial charge in [-0.1, -0.05) is 18.2 Å². The number of benzene rings is 2. The number of carbonyl (C=O) groups excluding carboxylic acids is 1. The molecule has 0 spiro atoms. The Bertz CT molecular complexity index is 570. The van der Waals surface area contributed by atoms with E-state index in [-0.39, 0.29) is 17.9 Å². The molecule has 0 aromatic heterocycles. The Kier molecular flexibility index (Phi) is 4.13. The predicted octanol–water partition coefficient (Wildman–Crippen LogP) is 3.13. The molecule has 0 aliphatic rings. The van der Waals surface area contributed by atoms with Crippen LogP contribution in [0.1, 0.15) is 10.4 Å². The summed E-state index contributed by atoms with van der Waals surface area (Å²) < 4.78 is 18.6. The van der Waals surface area contributed by atoms with Crippen molar-refractivity contribution in [1.29, 1.82) is 0 Å². The van der Waals surface area contributed by atoms with Crippen LogP contribution in [-0.4, -0.2) is 19.4 Å². The molecule has 0 atom stereocenters. The Morgan fingerprint density at radius 3 is 2.58 bits per heavy atom. The van der Waals surface area contributed by atoms with E-state index in [0.717, 1.165) is 5.69 Å². The van der Waals surface area contributed by atoms with Gasteiger partial charge in [-0.2, -0.15) is 0 Å². The smallest absolute Gasteiger partial charge is 0.184 e. The quantitative estimate of drug-likeness (QED) is 0.838. The molecule has 3 nitrogen and oxygen atoms in total. The third kappa shape index (κ3) is 3.31. The van der Waals surface area contributed by atoms with E-state index < -0.39 is 5.82 Å². The van der Waals surface area contributed by atoms with Crippen molar-refractivity contribution in [3.8, 4) is 5.75 Å². The number of ether oxygens (including phenoxy) is 1. The molecule has 4 heteroatoms. The van der Waals surface area contributed by atoms with Crippen molar-refractivity contribution < 1.29 is 13.9 Å². The molecule has 0 saturated carbocycles. The predicted molar refractivity (Wildman–Crippen MR) is 72.2 cm³/mol. The average Bonchev–Trinajstić information content (AvgIpc) is 2.45. The molecule has 98 valence electrons. The van der Waals surface area contributed by atoms with Crippen molar-refractivity contribution in [3.63, 3.8) is 0 Å². The number of rotatable bonds is 5. The summed E-state index contributed by atoms with van der Waals surface area (Å²) in [6.45, 7) is 0.0489. The van der Waals surface area contributed by atoms with Crippen LogP contribution in [0.4, 0.5) is 10.1 Å². The summed E-state index contributed by atoms with van der Waals surface area (Å²) in [6.07, 6.45) is 0. The fourth-order valence-electron chi connectivity index (χ4n) is 1.68. The van der Waals surface area contributed by atoms with E-state index in [1.54, 1.807) is 6.07 Å². The van der Waals surface area contributed by atoms with Gasteiger partial charge >= 0.3 is 0 Å². The van der Waals surface area contributed by atoms with Gasteiger partial charge in [0.05, 0.1) is 19.2 Å². The van der Waals surface area contributed by atoms with Crippen LogP contribution in [0.15, 0.2) is 48.5 Å². The standard InChI is InChI=1S/C15H14FNO2/c1-19-12-7-8-13(14(16)9-12)15(18)10-17-11-5-3-2-4-6-11/h2-9,17H,10H2,1H3. The SMILES string of the molecule is COc1ccc(C(=O)CNc2ccccc2)c(F)c1. The molecule has 0 unspecified atom stereocenters. The van der Waals surface area contributed by atoms with Gasteiger partial charge in [0.25, 0.3) is 0 Å². The molecule has 0 saturated heterocycles. The van der Waals surface area contributed by atoms with E-state index >= 15 is 0 Å². The highest BCUT2D eigenvalue weighted by Gasteiger charge is 2.12. The first-order valence-electron chi connectivity index (χ1n) is 5.86. The monoisotopic (exact) mass is 259 g/mol. The number of anilines is 1. The molecule has 2 rings (SSSR count). The Balaban J connectivity index is 2.04. The van der Waals surface area contributed by atoms with Gasteiger partial charge in [-0.3, -0.25) is 4.79 Å². The van der Waals surface area contributed by atoms with Crippen LogP contribution in [0.2, 0.25) is 0 Å². The lowest BCUT2D eigenvalue weighted by Gasteiger charge is -2.07. The van der Waals surface area contributed by atoms with Crippen LogP contribution in [0.5, 0.6) is 5.75 Å². The summed E-state index contributed by atoms with van der Waals surface area (Å²) in [5.74, 6) is -0.478. The van der Waals surface area contributed by atoms with Gasteiger partial charge in [0.1, 0.15) is 11.6 Å². The van der Waals surface area contributed by atoms with E-state index in [1.807, 2.05) is 30.3 Å². The first kappa shape index (κ1) is 13.1. The normalized spacial score (nSPS) is 10.0. The molecule has 2 aromatic rings. The molecule has 0 aliphatic carbocycles. The number of ketones is 1. The number of nitrogens with one attached hydrogen (secondary N) is 1. The van der Waals surface area contributed by atoms with Crippen molar-refractivity contribution in [2.45, 2.75) is 0 Å². The van der Waals surface area contributed by atoms with Crippen LogP contribution in [0.3, 0.4) is 0 Å². The van der Waals surface area contributed by atoms with Gasteiger partial charge in [-0.05, 0) is 24.3 Å². The maximum Gasteiger partial charge on any atom is 0.184 e. The zero-order valence-electron chi connectivity index (χ0n) is 10.5. The third-order valence-corrected chi connectivity index (χ3v) is 2.70. The number of Topliss-reactive ketones (excluding diaryl/α,β-unsaturated/α-hetero) is 1. The highest BCUT2D eigenvalue weighted by molar-refractivity contribution is 5.99. The van der Waals surface area contributed by atoms with Crippen LogP contribution >= 0.6 is 0 Å². The van der Waals surface area contributed by atoms with E-state index in [9.17, 15) is 9.18 Å². The molecule has 0 fully saturated rings. The Morgan fingerprint density at radius 1 is 1.21 bits per heavy atom. The Morgan fingerprint density at radius 2 is 1.95 bits per heavy atom. The summed E-state index contributed by atoms with van der Waals surface area (Å²) in [5.41, 5.74) is 0.883. The summed E-state index contributed by atoms with van der Waals surface area (Å²) in [5, 5.41) is 2.95. The fourth-order valence-corrected chi connectivity index (χ4v) is 1.68. The molecule has 0 heterocycles. The van der Waals surface area contributed by atoms with Gasteiger partial charge in [0.2, 0.25) is 0 Å². The maximum absolute atomic E-state index is 13.7. The fraction of sp³-hybridized carbons (Fsp3) is 0.133. The van der Waals surface area contributed by atoms with Crippen molar-refractivity contribution >= 4 is 11.5 Å². The van der Waals surface area contributed by atoms with Gasteiger partial charge in [-0.25, -0.2) is 4.39 Å². The number of hydrogen-bond acceptors (Lipinski definition) is 3. The molecular weight excluding hydrogens is 245 g/mol. The van der Waals surface area contributed by atoms with Gasteiger partial charge in [-0.15, -0.1) is 0 Å². The lowest BCUT2D eigenvalue weighted by Crippen LogP contribution is -2.15. The summed E-state index contributed by atoms with van der Waals surface area (Å²) in [7, 11) is 1.45. The highest BCUT2D eigenvalue weighted by atomic mass is 19.1. The van der Waals surface area contributed by atoms with Crippen molar-refractivity contribution in [1.82, 2.24) is 0 Å². The number of halogens is 1. The van der Waals surface area contributed by atoms with Crippen LogP contribution in [0, 0.1) is 5.82 Å². The maximum atomic E-state index is 13.7. The van der Waals surface area contributed by atoms with E-state index in [0.29, 0.717) is 5.75 Å². The molecule has 1 N–H and O–H groups in total. The first-order valence-corrected chi connectivity index (χ1v) is 5.86. The average molecular weight is 259 g/mol. The molecular formula is C15H14FNO2. The molecule has 19 heavy (non-hydrogen) atoms. The third-order valence-electron chi connectivity index (χ3n) is 2.70. The second-order valence-corrected chi connectivity index (χ2v) is 3.99. The second kappa shape index (κ2) is 6.00. The number of carbonyl (C=O) groups is 1. The molecule has 0 amide bonds. The van der Waals surface area contributed by atoms with Crippen molar-refractivity contribution in [2.24, 2.45) is 0 Å². The minimum atomic E-state index is -0.570. The summed E-state index contributed by atoms with van der Waals surface area (Å²) in [6, 6.07) is 13.5. The molecule has 2 aromatic carbocycles. The highest BCUT2D eigenvalue weighted by Crippen LogP contribution is 2.17. The van der Waals surface area contributed by atoms with Crippen molar-refractivity contribution in [3.05, 3.63) is 59.9 Å². The largest absolute Gasteiger partial charge is 0.497 e. The van der Waals surface area contributed by atoms with Crippen LogP contribution < -0.4 is 10.1 Å². The molecule has 0 bridgehead atoms. The molecule has 0 aliphatic heterocycles. The molecule has 0 radical (unpaired) electrons. The van der Waals surface area contributed by atoms with Crippen LogP contribution in [-0.2, 0) is 0 Å². The topological polar surface area (TPSA) is 38.3 Å². The number of hydrogen-bond donors (Lipinski definition) is 1. The zero-order chi connectivity index (χ0) is 13.7. The summed E-state index contributed by atoms with van der Waals surface area (Å²) in [4.78, 5) is 11.9. The second-order valence-electron chi connectivity index (χ2n) is 3.99. The lowest BCUT2D eigenvalue weighted by molar-refractivity contribution is 0.100. The van der Waals surface area contributed by atoms with Crippen molar-refractivity contribution in [2.75, 3.05) is 19.0 Å². The van der Waals surface area contributed by atoms with E-state index in [1.165, 1.54) is 19.2 Å². The minimum Gasteiger partial charge on any atom is -0.497 e. The van der Waals surface area contributed by atoms with Gasteiger partial charge in [0, 0.05) is 11.8 Å².